The van der Waals surface area contributed by atoms with Gasteiger partial charge in [-0.3, -0.25) is 4.90 Å². The third-order valence-corrected chi connectivity index (χ3v) is 3.80. The third-order valence-electron chi connectivity index (χ3n) is 3.80. The molecule has 5 nitrogen and oxygen atoms in total. The Morgan fingerprint density at radius 2 is 2.18 bits per heavy atom. The first-order valence-electron chi connectivity index (χ1n) is 7.46. The van der Waals surface area contributed by atoms with Gasteiger partial charge in [0.1, 0.15) is 20.1 Å². The van der Waals surface area contributed by atoms with Gasteiger partial charge in [-0.05, 0) is 26.0 Å². The van der Waals surface area contributed by atoms with Crippen LogP contribution in [0.5, 0.6) is 0 Å². The zero-order valence-corrected chi connectivity index (χ0v) is 13.1. The van der Waals surface area contributed by atoms with E-state index in [0.717, 1.165) is 0 Å². The van der Waals surface area contributed by atoms with Crippen LogP contribution in [0.2, 0.25) is 0 Å². The van der Waals surface area contributed by atoms with Crippen molar-refractivity contribution >= 4 is 13.8 Å². The zero-order valence-electron chi connectivity index (χ0n) is 13.1. The average molecular weight is 303 g/mol. The predicted molar refractivity (Wildman–Crippen MR) is 83.9 cm³/mol. The van der Waals surface area contributed by atoms with Crippen molar-refractivity contribution in [3.05, 3.63) is 35.9 Å². The topological polar surface area (TPSA) is 59.0 Å². The van der Waals surface area contributed by atoms with Crippen LogP contribution in [-0.2, 0) is 9.47 Å². The number of ether oxygens (including phenoxy) is 2. The molecule has 0 bridgehead atoms. The van der Waals surface area contributed by atoms with Gasteiger partial charge in [-0.15, -0.1) is 0 Å². The number of carbonyl (C=O) groups excluding carboxylic acids is 1. The van der Waals surface area contributed by atoms with Gasteiger partial charge in [-0.1, -0.05) is 18.2 Å². The molecule has 1 aliphatic rings. The first-order valence-corrected chi connectivity index (χ1v) is 7.46. The summed E-state index contributed by atoms with van der Waals surface area (Å²) >= 11 is 0. The lowest BCUT2D eigenvalue weighted by atomic mass is 9.92. The Balaban J connectivity index is 2.02. The molecule has 1 aliphatic heterocycles. The number of hydrogen-bond acceptors (Lipinski definition) is 5. The minimum Gasteiger partial charge on any atom is -0.459 e. The highest BCUT2D eigenvalue weighted by Gasteiger charge is 2.41. The Morgan fingerprint density at radius 3 is 2.77 bits per heavy atom. The summed E-state index contributed by atoms with van der Waals surface area (Å²) in [6.45, 7) is 4.87. The number of rotatable bonds is 5. The number of esters is 1. The summed E-state index contributed by atoms with van der Waals surface area (Å²) in [4.78, 5) is 14.1. The van der Waals surface area contributed by atoms with Crippen LogP contribution in [0.3, 0.4) is 0 Å². The van der Waals surface area contributed by atoms with E-state index in [9.17, 15) is 9.90 Å². The number of hydrogen-bond donors (Lipinski definition) is 1. The molecule has 1 saturated heterocycles. The molecule has 0 aliphatic carbocycles. The van der Waals surface area contributed by atoms with Crippen molar-refractivity contribution in [2.75, 3.05) is 26.3 Å². The largest absolute Gasteiger partial charge is 0.459 e. The SMILES string of the molecule is [B][C@H]1CN(C(C)C)C[C@@](CO)(COC(=O)c2ccccc2)O1. The number of carbonyl (C=O) groups is 1. The van der Waals surface area contributed by atoms with Crippen molar-refractivity contribution in [3.63, 3.8) is 0 Å². The van der Waals surface area contributed by atoms with Crippen LogP contribution in [0.1, 0.15) is 24.2 Å². The predicted octanol–water partition coefficient (Wildman–Crippen LogP) is 0.810. The summed E-state index contributed by atoms with van der Waals surface area (Å²) in [6.07, 6.45) is 0. The maximum Gasteiger partial charge on any atom is 0.338 e. The zero-order chi connectivity index (χ0) is 16.2. The highest BCUT2D eigenvalue weighted by molar-refractivity contribution is 6.11. The lowest BCUT2D eigenvalue weighted by molar-refractivity contribution is -0.172. The fourth-order valence-electron chi connectivity index (χ4n) is 2.52. The summed E-state index contributed by atoms with van der Waals surface area (Å²) in [7, 11) is 5.92. The molecule has 0 unspecified atom stereocenters. The minimum absolute atomic E-state index is 0.0336. The Kier molecular flexibility index (Phi) is 5.61. The molecule has 1 heterocycles. The van der Waals surface area contributed by atoms with Crippen molar-refractivity contribution in [3.8, 4) is 0 Å². The quantitative estimate of drug-likeness (QED) is 0.644. The Hall–Kier alpha value is -1.37. The van der Waals surface area contributed by atoms with Gasteiger partial charge in [0, 0.05) is 25.1 Å². The van der Waals surface area contributed by atoms with E-state index in [0.29, 0.717) is 18.7 Å². The highest BCUT2D eigenvalue weighted by atomic mass is 16.6. The first kappa shape index (κ1) is 17.0. The maximum atomic E-state index is 12.0. The van der Waals surface area contributed by atoms with Crippen LogP contribution in [0.4, 0.5) is 0 Å². The van der Waals surface area contributed by atoms with Gasteiger partial charge < -0.3 is 14.6 Å². The van der Waals surface area contributed by atoms with E-state index in [4.69, 9.17) is 17.3 Å². The van der Waals surface area contributed by atoms with Gasteiger partial charge in [0.15, 0.2) is 0 Å². The molecule has 1 aromatic carbocycles. The molecule has 0 aromatic heterocycles. The molecule has 2 atom stereocenters. The Morgan fingerprint density at radius 1 is 1.50 bits per heavy atom. The van der Waals surface area contributed by atoms with Gasteiger partial charge >= 0.3 is 5.97 Å². The number of aliphatic hydroxyl groups is 1. The second-order valence-electron chi connectivity index (χ2n) is 5.96. The van der Waals surface area contributed by atoms with Gasteiger partial charge in [0.25, 0.3) is 0 Å². The van der Waals surface area contributed by atoms with Crippen LogP contribution in [0.25, 0.3) is 0 Å². The molecule has 6 heteroatoms. The average Bonchev–Trinajstić information content (AvgIpc) is 2.53. The summed E-state index contributed by atoms with van der Waals surface area (Å²) in [6, 6.07) is 8.49. The van der Waals surface area contributed by atoms with E-state index in [1.165, 1.54) is 0 Å². The summed E-state index contributed by atoms with van der Waals surface area (Å²) < 4.78 is 11.0. The lowest BCUT2D eigenvalue weighted by Gasteiger charge is -2.46. The van der Waals surface area contributed by atoms with Gasteiger partial charge in [-0.2, -0.15) is 0 Å². The summed E-state index contributed by atoms with van der Waals surface area (Å²) in [5.41, 5.74) is -0.511. The van der Waals surface area contributed by atoms with Crippen molar-refractivity contribution in [2.45, 2.75) is 31.5 Å². The van der Waals surface area contributed by atoms with E-state index < -0.39 is 17.6 Å². The summed E-state index contributed by atoms with van der Waals surface area (Å²) in [5, 5.41) is 9.74. The van der Waals surface area contributed by atoms with E-state index >= 15 is 0 Å². The number of benzene rings is 1. The molecule has 1 fully saturated rings. The van der Waals surface area contributed by atoms with Crippen molar-refractivity contribution in [1.29, 1.82) is 0 Å². The molecule has 0 amide bonds. The van der Waals surface area contributed by atoms with E-state index in [1.54, 1.807) is 24.3 Å². The highest BCUT2D eigenvalue weighted by Crippen LogP contribution is 2.23. The van der Waals surface area contributed by atoms with Gasteiger partial charge in [0.2, 0.25) is 0 Å². The number of nitrogens with zero attached hydrogens (tertiary/aromatic N) is 1. The monoisotopic (exact) mass is 303 g/mol. The van der Waals surface area contributed by atoms with Crippen LogP contribution in [-0.4, -0.2) is 67.8 Å². The molecular weight excluding hydrogens is 281 g/mol. The molecule has 118 valence electrons. The fraction of sp³-hybridized carbons (Fsp3) is 0.562. The molecule has 2 radical (unpaired) electrons. The molecule has 22 heavy (non-hydrogen) atoms. The minimum atomic E-state index is -0.980. The number of aliphatic hydroxyl groups excluding tert-OH is 1. The smallest absolute Gasteiger partial charge is 0.338 e. The Labute approximate surface area is 132 Å². The number of morpholine rings is 1. The normalized spacial score (nSPS) is 26.1. The van der Waals surface area contributed by atoms with E-state index in [-0.39, 0.29) is 19.3 Å². The molecule has 2 rings (SSSR count). The van der Waals surface area contributed by atoms with Gasteiger partial charge in [0.05, 0.1) is 12.2 Å². The van der Waals surface area contributed by atoms with Crippen LogP contribution >= 0.6 is 0 Å². The van der Waals surface area contributed by atoms with Crippen molar-refractivity contribution in [2.24, 2.45) is 0 Å². The molecule has 0 saturated carbocycles. The van der Waals surface area contributed by atoms with Crippen molar-refractivity contribution in [1.82, 2.24) is 4.90 Å². The van der Waals surface area contributed by atoms with Crippen LogP contribution in [0.15, 0.2) is 30.3 Å². The van der Waals surface area contributed by atoms with Crippen LogP contribution in [0, 0.1) is 0 Å². The van der Waals surface area contributed by atoms with E-state index in [1.807, 2.05) is 6.07 Å². The Bertz CT molecular complexity index is 496. The van der Waals surface area contributed by atoms with Crippen molar-refractivity contribution < 1.29 is 19.4 Å². The standard InChI is InChI=1S/C16H22BNO4/c1-12(2)18-8-14(17)22-16(9-18,10-19)11-21-15(20)13-6-4-3-5-7-13/h3-7,12,14,19H,8-11H2,1-2H3/t14-,16-/m1/s1. The second kappa shape index (κ2) is 7.27. The molecule has 0 spiro atoms. The summed E-state index contributed by atoms with van der Waals surface area (Å²) in [5.74, 6) is -0.438. The second-order valence-corrected chi connectivity index (χ2v) is 5.96. The van der Waals surface area contributed by atoms with Crippen LogP contribution < -0.4 is 0 Å². The fourth-order valence-corrected chi connectivity index (χ4v) is 2.52. The third kappa shape index (κ3) is 4.09. The lowest BCUT2D eigenvalue weighted by Crippen LogP contribution is -2.61. The van der Waals surface area contributed by atoms with E-state index in [2.05, 4.69) is 18.7 Å². The molecule has 1 N–H and O–H groups in total. The molecule has 1 aromatic rings. The van der Waals surface area contributed by atoms with Gasteiger partial charge in [-0.25, -0.2) is 4.79 Å². The first-order chi connectivity index (χ1) is 10.5. The molecular formula is C16H22BNO4. The maximum absolute atomic E-state index is 12.0.